The number of nitrogens with zero attached hydrogens (tertiary/aromatic N) is 2. The molecule has 24 heavy (non-hydrogen) atoms. The van der Waals surface area contributed by atoms with E-state index < -0.39 is 10.8 Å². The summed E-state index contributed by atoms with van der Waals surface area (Å²) in [5, 5.41) is 14.2. The maximum Gasteiger partial charge on any atom is 0.285 e. The monoisotopic (exact) mass is 339 g/mol. The normalized spacial score (nSPS) is 10.4. The zero-order valence-electron chi connectivity index (χ0n) is 12.7. The molecule has 3 rings (SSSR count). The first-order valence-corrected chi connectivity index (χ1v) is 7.94. The van der Waals surface area contributed by atoms with Crippen LogP contribution < -0.4 is 5.32 Å². The Morgan fingerprint density at radius 3 is 2.62 bits per heavy atom. The van der Waals surface area contributed by atoms with E-state index in [2.05, 4.69) is 10.3 Å². The number of nitro groups is 1. The number of benzene rings is 2. The molecule has 0 atom stereocenters. The topological polar surface area (TPSA) is 85.1 Å². The smallest absolute Gasteiger partial charge is 0.285 e. The SMILES string of the molecule is Cc1cccc(C(=O)Nc2ncc(-c3ccccc3)s2)c1[N+](=O)[O-]. The van der Waals surface area contributed by atoms with Gasteiger partial charge in [-0.25, -0.2) is 4.98 Å². The molecule has 6 nitrogen and oxygen atoms in total. The summed E-state index contributed by atoms with van der Waals surface area (Å²) in [6.07, 6.45) is 1.67. The van der Waals surface area contributed by atoms with E-state index in [4.69, 9.17) is 0 Å². The lowest BCUT2D eigenvalue weighted by molar-refractivity contribution is -0.385. The minimum absolute atomic E-state index is 0.0245. The molecular formula is C17H13N3O3S. The summed E-state index contributed by atoms with van der Waals surface area (Å²) in [6.45, 7) is 1.60. The van der Waals surface area contributed by atoms with Gasteiger partial charge in [0.15, 0.2) is 5.13 Å². The fraction of sp³-hybridized carbons (Fsp3) is 0.0588. The highest BCUT2D eigenvalue weighted by Gasteiger charge is 2.23. The van der Waals surface area contributed by atoms with Crippen LogP contribution in [0.1, 0.15) is 15.9 Å². The van der Waals surface area contributed by atoms with Crippen LogP contribution in [0.25, 0.3) is 10.4 Å². The number of carbonyl (C=O) groups is 1. The molecule has 0 bridgehead atoms. The number of hydrogen-bond acceptors (Lipinski definition) is 5. The number of amides is 1. The van der Waals surface area contributed by atoms with Crippen molar-refractivity contribution in [3.63, 3.8) is 0 Å². The molecule has 1 aromatic heterocycles. The highest BCUT2D eigenvalue weighted by atomic mass is 32.1. The zero-order valence-corrected chi connectivity index (χ0v) is 13.5. The second-order valence-electron chi connectivity index (χ2n) is 5.08. The summed E-state index contributed by atoms with van der Waals surface area (Å²) in [7, 11) is 0. The maximum atomic E-state index is 12.4. The Kier molecular flexibility index (Phi) is 4.35. The first-order valence-electron chi connectivity index (χ1n) is 7.13. The predicted octanol–water partition coefficient (Wildman–Crippen LogP) is 4.28. The number of para-hydroxylation sites is 1. The van der Waals surface area contributed by atoms with E-state index in [-0.39, 0.29) is 11.3 Å². The summed E-state index contributed by atoms with van der Waals surface area (Å²) in [5.74, 6) is -0.542. The predicted molar refractivity (Wildman–Crippen MR) is 93.3 cm³/mol. The molecule has 0 radical (unpaired) electrons. The molecule has 0 aliphatic heterocycles. The Morgan fingerprint density at radius 1 is 1.17 bits per heavy atom. The number of aryl methyl sites for hydroxylation is 1. The van der Waals surface area contributed by atoms with E-state index in [1.54, 1.807) is 25.3 Å². The van der Waals surface area contributed by atoms with Gasteiger partial charge in [0.05, 0.1) is 9.80 Å². The van der Waals surface area contributed by atoms with Gasteiger partial charge in [-0.05, 0) is 18.6 Å². The molecule has 1 amide bonds. The summed E-state index contributed by atoms with van der Waals surface area (Å²) in [5.41, 5.74) is 1.28. The molecule has 2 aromatic carbocycles. The van der Waals surface area contributed by atoms with E-state index in [1.165, 1.54) is 17.4 Å². The highest BCUT2D eigenvalue weighted by molar-refractivity contribution is 7.19. The van der Waals surface area contributed by atoms with Gasteiger partial charge in [-0.2, -0.15) is 0 Å². The van der Waals surface area contributed by atoms with Crippen LogP contribution in [0.4, 0.5) is 10.8 Å². The largest absolute Gasteiger partial charge is 0.298 e. The molecular weight excluding hydrogens is 326 g/mol. The van der Waals surface area contributed by atoms with E-state index in [1.807, 2.05) is 30.3 Å². The number of anilines is 1. The lowest BCUT2D eigenvalue weighted by Gasteiger charge is -2.04. The van der Waals surface area contributed by atoms with Crippen molar-refractivity contribution < 1.29 is 9.72 Å². The molecule has 7 heteroatoms. The van der Waals surface area contributed by atoms with Crippen LogP contribution in [0.3, 0.4) is 0 Å². The Balaban J connectivity index is 1.85. The molecule has 3 aromatic rings. The third-order valence-corrected chi connectivity index (χ3v) is 4.41. The molecule has 0 aliphatic rings. The second kappa shape index (κ2) is 6.59. The number of hydrogen-bond donors (Lipinski definition) is 1. The van der Waals surface area contributed by atoms with Crippen molar-refractivity contribution >= 4 is 28.1 Å². The first-order chi connectivity index (χ1) is 11.6. The molecule has 0 aliphatic carbocycles. The Morgan fingerprint density at radius 2 is 1.92 bits per heavy atom. The van der Waals surface area contributed by atoms with Gasteiger partial charge >= 0.3 is 0 Å². The molecule has 1 N–H and O–H groups in total. The van der Waals surface area contributed by atoms with Crippen LogP contribution in [0.5, 0.6) is 0 Å². The number of aromatic nitrogens is 1. The summed E-state index contributed by atoms with van der Waals surface area (Å²) in [6, 6.07) is 14.3. The van der Waals surface area contributed by atoms with Gasteiger partial charge in [-0.15, -0.1) is 0 Å². The standard InChI is InChI=1S/C17H13N3O3S/c1-11-6-5-9-13(15(11)20(22)23)16(21)19-17-18-10-14(24-17)12-7-3-2-4-8-12/h2-10H,1H3,(H,18,19,21). The average molecular weight is 339 g/mol. The molecule has 120 valence electrons. The van der Waals surface area contributed by atoms with Crippen molar-refractivity contribution in [3.8, 4) is 10.4 Å². The summed E-state index contributed by atoms with van der Waals surface area (Å²) < 4.78 is 0. The number of nitrogens with one attached hydrogen (secondary N) is 1. The quantitative estimate of drug-likeness (QED) is 0.568. The molecule has 1 heterocycles. The van der Waals surface area contributed by atoms with Crippen LogP contribution in [0.2, 0.25) is 0 Å². The van der Waals surface area contributed by atoms with Gasteiger partial charge in [0.1, 0.15) is 5.56 Å². The first kappa shape index (κ1) is 15.8. The van der Waals surface area contributed by atoms with Crippen molar-refractivity contribution in [1.29, 1.82) is 0 Å². The van der Waals surface area contributed by atoms with Crippen LogP contribution in [0.15, 0.2) is 54.7 Å². The van der Waals surface area contributed by atoms with E-state index in [0.717, 1.165) is 10.4 Å². The Bertz CT molecular complexity index is 906. The van der Waals surface area contributed by atoms with Crippen LogP contribution in [0, 0.1) is 17.0 Å². The molecule has 0 saturated heterocycles. The number of nitro benzene ring substituents is 1. The van der Waals surface area contributed by atoms with Crippen molar-refractivity contribution in [1.82, 2.24) is 4.98 Å². The fourth-order valence-corrected chi connectivity index (χ4v) is 3.13. The van der Waals surface area contributed by atoms with Crippen LogP contribution in [-0.2, 0) is 0 Å². The van der Waals surface area contributed by atoms with Gasteiger partial charge < -0.3 is 0 Å². The highest BCUT2D eigenvalue weighted by Crippen LogP contribution is 2.30. The molecule has 0 fully saturated rings. The van der Waals surface area contributed by atoms with Crippen molar-refractivity contribution in [2.45, 2.75) is 6.92 Å². The van der Waals surface area contributed by atoms with Crippen molar-refractivity contribution in [3.05, 3.63) is 76.0 Å². The zero-order chi connectivity index (χ0) is 17.1. The van der Waals surface area contributed by atoms with E-state index in [9.17, 15) is 14.9 Å². The maximum absolute atomic E-state index is 12.4. The summed E-state index contributed by atoms with van der Waals surface area (Å²) in [4.78, 5) is 28.1. The molecule has 0 saturated carbocycles. The lowest BCUT2D eigenvalue weighted by atomic mass is 10.1. The van der Waals surface area contributed by atoms with Gasteiger partial charge in [0.25, 0.3) is 11.6 Å². The van der Waals surface area contributed by atoms with Gasteiger partial charge in [0.2, 0.25) is 0 Å². The van der Waals surface area contributed by atoms with Gasteiger partial charge in [-0.3, -0.25) is 20.2 Å². The average Bonchev–Trinajstić information content (AvgIpc) is 3.03. The third-order valence-electron chi connectivity index (χ3n) is 3.45. The van der Waals surface area contributed by atoms with E-state index >= 15 is 0 Å². The van der Waals surface area contributed by atoms with Crippen molar-refractivity contribution in [2.24, 2.45) is 0 Å². The number of rotatable bonds is 4. The number of carbonyl (C=O) groups excluding carboxylic acids is 1. The number of thiazole rings is 1. The van der Waals surface area contributed by atoms with Crippen LogP contribution in [-0.4, -0.2) is 15.8 Å². The van der Waals surface area contributed by atoms with Crippen molar-refractivity contribution in [2.75, 3.05) is 5.32 Å². The van der Waals surface area contributed by atoms with Gasteiger partial charge in [-0.1, -0.05) is 53.8 Å². The second-order valence-corrected chi connectivity index (χ2v) is 6.11. The van der Waals surface area contributed by atoms with Gasteiger partial charge in [0, 0.05) is 11.8 Å². The third kappa shape index (κ3) is 3.16. The Labute approximate surface area is 141 Å². The minimum atomic E-state index is -0.542. The molecule has 0 unspecified atom stereocenters. The fourth-order valence-electron chi connectivity index (χ4n) is 2.32. The van der Waals surface area contributed by atoms with Crippen LogP contribution >= 0.6 is 11.3 Å². The minimum Gasteiger partial charge on any atom is -0.298 e. The molecule has 0 spiro atoms. The summed E-state index contributed by atoms with van der Waals surface area (Å²) >= 11 is 1.31. The lowest BCUT2D eigenvalue weighted by Crippen LogP contribution is -2.14. The van der Waals surface area contributed by atoms with E-state index in [0.29, 0.717) is 10.7 Å². The Hall–Kier alpha value is -3.06.